The van der Waals surface area contributed by atoms with E-state index in [1.54, 1.807) is 13.0 Å². The summed E-state index contributed by atoms with van der Waals surface area (Å²) in [6.07, 6.45) is 0.660. The molecule has 1 aliphatic heterocycles. The number of nitrogens with one attached hydrogen (secondary N) is 2. The van der Waals surface area contributed by atoms with Gasteiger partial charge in [-0.3, -0.25) is 4.79 Å². The van der Waals surface area contributed by atoms with Gasteiger partial charge in [0.15, 0.2) is 5.82 Å². The Morgan fingerprint density at radius 3 is 2.65 bits per heavy atom. The smallest absolute Gasteiger partial charge is 0.248 e. The number of carbonyl (C=O) groups is 1. The standard InChI is InChI=1S/C19H26N4O3/c1-4-16(19(24)21-18-12-14(3)26-22-18)20-17-6-5-15(11-13(17)2)23-7-9-25-10-8-23/h5-6,11-12,16,20H,4,7-10H2,1-3H3,(H,21,22,24)/t16-/m1/s1. The fourth-order valence-electron chi connectivity index (χ4n) is 3.01. The van der Waals surface area contributed by atoms with Crippen molar-refractivity contribution in [1.29, 1.82) is 0 Å². The van der Waals surface area contributed by atoms with E-state index >= 15 is 0 Å². The number of carbonyl (C=O) groups excluding carboxylic acids is 1. The van der Waals surface area contributed by atoms with Crippen LogP contribution in [0.1, 0.15) is 24.7 Å². The number of hydrogen-bond acceptors (Lipinski definition) is 6. The highest BCUT2D eigenvalue weighted by atomic mass is 16.5. The van der Waals surface area contributed by atoms with Crippen LogP contribution in [0.5, 0.6) is 0 Å². The fourth-order valence-corrected chi connectivity index (χ4v) is 3.01. The summed E-state index contributed by atoms with van der Waals surface area (Å²) >= 11 is 0. The number of aryl methyl sites for hydroxylation is 2. The van der Waals surface area contributed by atoms with Crippen molar-refractivity contribution in [2.75, 3.05) is 41.8 Å². The lowest BCUT2D eigenvalue weighted by atomic mass is 10.1. The van der Waals surface area contributed by atoms with Crippen molar-refractivity contribution in [2.45, 2.75) is 33.2 Å². The molecule has 2 N–H and O–H groups in total. The summed E-state index contributed by atoms with van der Waals surface area (Å²) in [5, 5.41) is 9.94. The third kappa shape index (κ3) is 4.35. The number of morpholine rings is 1. The SMILES string of the molecule is CC[C@@H](Nc1ccc(N2CCOCC2)cc1C)C(=O)Nc1cc(C)on1. The van der Waals surface area contributed by atoms with Gasteiger partial charge in [0.25, 0.3) is 0 Å². The van der Waals surface area contributed by atoms with Gasteiger partial charge in [0, 0.05) is 30.5 Å². The zero-order valence-corrected chi connectivity index (χ0v) is 15.5. The lowest BCUT2D eigenvalue weighted by molar-refractivity contribution is -0.117. The molecule has 1 aliphatic rings. The molecule has 1 aromatic heterocycles. The third-order valence-electron chi connectivity index (χ3n) is 4.52. The Morgan fingerprint density at radius 1 is 1.27 bits per heavy atom. The van der Waals surface area contributed by atoms with Crippen LogP contribution in [0.3, 0.4) is 0 Å². The molecule has 0 unspecified atom stereocenters. The van der Waals surface area contributed by atoms with Crippen LogP contribution in [0.4, 0.5) is 17.2 Å². The summed E-state index contributed by atoms with van der Waals surface area (Å²) in [6, 6.07) is 7.63. The number of aromatic nitrogens is 1. The van der Waals surface area contributed by atoms with Crippen LogP contribution in [-0.4, -0.2) is 43.4 Å². The van der Waals surface area contributed by atoms with E-state index < -0.39 is 0 Å². The molecule has 0 saturated carbocycles. The summed E-state index contributed by atoms with van der Waals surface area (Å²) in [5.74, 6) is 0.973. The van der Waals surface area contributed by atoms with Gasteiger partial charge in [0.2, 0.25) is 5.91 Å². The number of nitrogens with zero attached hydrogens (tertiary/aromatic N) is 2. The minimum Gasteiger partial charge on any atom is -0.378 e. The second-order valence-electron chi connectivity index (χ2n) is 6.52. The van der Waals surface area contributed by atoms with Gasteiger partial charge in [-0.15, -0.1) is 0 Å². The minimum absolute atomic E-state index is 0.127. The van der Waals surface area contributed by atoms with Crippen LogP contribution in [0.15, 0.2) is 28.8 Å². The van der Waals surface area contributed by atoms with Crippen molar-refractivity contribution in [3.63, 3.8) is 0 Å². The largest absolute Gasteiger partial charge is 0.378 e. The first-order valence-electron chi connectivity index (χ1n) is 9.01. The van der Waals surface area contributed by atoms with Gasteiger partial charge in [-0.25, -0.2) is 0 Å². The van der Waals surface area contributed by atoms with E-state index in [1.165, 1.54) is 5.69 Å². The third-order valence-corrected chi connectivity index (χ3v) is 4.52. The van der Waals surface area contributed by atoms with Crippen LogP contribution < -0.4 is 15.5 Å². The molecule has 1 aromatic carbocycles. The first-order chi connectivity index (χ1) is 12.6. The quantitative estimate of drug-likeness (QED) is 0.826. The zero-order chi connectivity index (χ0) is 18.5. The van der Waals surface area contributed by atoms with Gasteiger partial charge >= 0.3 is 0 Å². The Hall–Kier alpha value is -2.54. The highest BCUT2D eigenvalue weighted by Crippen LogP contribution is 2.24. The van der Waals surface area contributed by atoms with Crippen molar-refractivity contribution in [3.8, 4) is 0 Å². The Morgan fingerprint density at radius 2 is 2.04 bits per heavy atom. The van der Waals surface area contributed by atoms with Crippen LogP contribution >= 0.6 is 0 Å². The first kappa shape index (κ1) is 18.3. The normalized spacial score (nSPS) is 15.6. The highest BCUT2D eigenvalue weighted by molar-refractivity contribution is 5.95. The van der Waals surface area contributed by atoms with Crippen LogP contribution in [0.2, 0.25) is 0 Å². The van der Waals surface area contributed by atoms with Crippen molar-refractivity contribution < 1.29 is 14.1 Å². The number of rotatable bonds is 6. The number of anilines is 3. The van der Waals surface area contributed by atoms with E-state index in [1.807, 2.05) is 13.0 Å². The molecular formula is C19H26N4O3. The number of ether oxygens (including phenoxy) is 1. The molecule has 0 radical (unpaired) electrons. The van der Waals surface area contributed by atoms with Gasteiger partial charge in [-0.2, -0.15) is 0 Å². The summed E-state index contributed by atoms with van der Waals surface area (Å²) in [5.41, 5.74) is 3.25. The van der Waals surface area contributed by atoms with Crippen molar-refractivity contribution in [1.82, 2.24) is 5.16 Å². The topological polar surface area (TPSA) is 79.6 Å². The van der Waals surface area contributed by atoms with E-state index in [2.05, 4.69) is 39.7 Å². The lowest BCUT2D eigenvalue weighted by Gasteiger charge is -2.29. The second kappa shape index (κ2) is 8.23. The predicted molar refractivity (Wildman–Crippen MR) is 102 cm³/mol. The maximum atomic E-state index is 12.5. The summed E-state index contributed by atoms with van der Waals surface area (Å²) in [6.45, 7) is 9.15. The molecule has 2 heterocycles. The van der Waals surface area contributed by atoms with Gasteiger partial charge < -0.3 is 24.8 Å². The molecule has 7 heteroatoms. The Bertz CT molecular complexity index is 753. The molecule has 1 saturated heterocycles. The lowest BCUT2D eigenvalue weighted by Crippen LogP contribution is -2.36. The van der Waals surface area contributed by atoms with E-state index in [0.717, 1.165) is 37.6 Å². The molecule has 0 spiro atoms. The molecule has 1 atom stereocenters. The Labute approximate surface area is 153 Å². The average Bonchev–Trinajstić information content (AvgIpc) is 3.06. The maximum Gasteiger partial charge on any atom is 0.248 e. The second-order valence-corrected chi connectivity index (χ2v) is 6.52. The maximum absolute atomic E-state index is 12.5. The Kier molecular flexibility index (Phi) is 5.78. The van der Waals surface area contributed by atoms with Gasteiger partial charge in [0.1, 0.15) is 11.8 Å². The molecule has 7 nitrogen and oxygen atoms in total. The molecule has 2 aromatic rings. The molecular weight excluding hydrogens is 332 g/mol. The van der Waals surface area contributed by atoms with Crippen LogP contribution in [0, 0.1) is 13.8 Å². The van der Waals surface area contributed by atoms with Crippen molar-refractivity contribution in [3.05, 3.63) is 35.6 Å². The molecule has 1 amide bonds. The van der Waals surface area contributed by atoms with Gasteiger partial charge in [-0.1, -0.05) is 12.1 Å². The van der Waals surface area contributed by atoms with Gasteiger partial charge in [0.05, 0.1) is 13.2 Å². The molecule has 0 aliphatic carbocycles. The number of amides is 1. The van der Waals surface area contributed by atoms with Crippen LogP contribution in [0.25, 0.3) is 0 Å². The monoisotopic (exact) mass is 358 g/mol. The zero-order valence-electron chi connectivity index (χ0n) is 15.5. The number of benzene rings is 1. The van der Waals surface area contributed by atoms with E-state index in [-0.39, 0.29) is 11.9 Å². The molecule has 0 bridgehead atoms. The minimum atomic E-state index is -0.347. The Balaban J connectivity index is 1.66. The van der Waals surface area contributed by atoms with Crippen molar-refractivity contribution in [2.24, 2.45) is 0 Å². The van der Waals surface area contributed by atoms with Crippen LogP contribution in [-0.2, 0) is 9.53 Å². The van der Waals surface area contributed by atoms with E-state index in [0.29, 0.717) is 18.0 Å². The van der Waals surface area contributed by atoms with E-state index in [9.17, 15) is 4.79 Å². The molecule has 1 fully saturated rings. The first-order valence-corrected chi connectivity index (χ1v) is 9.01. The molecule has 3 rings (SSSR count). The highest BCUT2D eigenvalue weighted by Gasteiger charge is 2.19. The summed E-state index contributed by atoms with van der Waals surface area (Å²) in [7, 11) is 0. The summed E-state index contributed by atoms with van der Waals surface area (Å²) < 4.78 is 10.4. The fraction of sp³-hybridized carbons (Fsp3) is 0.474. The predicted octanol–water partition coefficient (Wildman–Crippen LogP) is 2.96. The van der Waals surface area contributed by atoms with Crippen molar-refractivity contribution >= 4 is 23.1 Å². The molecule has 26 heavy (non-hydrogen) atoms. The molecule has 140 valence electrons. The average molecular weight is 358 g/mol. The summed E-state index contributed by atoms with van der Waals surface area (Å²) in [4.78, 5) is 14.8. The number of hydrogen-bond donors (Lipinski definition) is 2. The van der Waals surface area contributed by atoms with E-state index in [4.69, 9.17) is 9.26 Å². The van der Waals surface area contributed by atoms with Gasteiger partial charge in [-0.05, 0) is 44.0 Å².